The Kier molecular flexibility index (Phi) is 92.9. The van der Waals surface area contributed by atoms with Crippen LogP contribution in [0.3, 0.4) is 0 Å². The Labute approximate surface area is 44.5 Å². The molecule has 0 aliphatic carbocycles. The van der Waals surface area contributed by atoms with Gasteiger partial charge in [0.1, 0.15) is 0 Å². The van der Waals surface area contributed by atoms with Crippen LogP contribution < -0.4 is 0 Å². The van der Waals surface area contributed by atoms with E-state index in [2.05, 4.69) is 0 Å². The SMILES string of the molecule is [O]=[Ag].[O]=[Cr]. The van der Waals surface area contributed by atoms with Crippen LogP contribution in [0.15, 0.2) is 0 Å². The van der Waals surface area contributed by atoms with Crippen LogP contribution in [0.5, 0.6) is 0 Å². The average molecular weight is 192 g/mol. The molecule has 0 unspecified atom stereocenters. The number of hydrogen-bond acceptors (Lipinski definition) is 2. The Balaban J connectivity index is 0. The summed E-state index contributed by atoms with van der Waals surface area (Å²) in [7, 11) is 0. The molecule has 0 aromatic heterocycles. The Hall–Kier alpha value is 0.873. The summed E-state index contributed by atoms with van der Waals surface area (Å²) in [5, 5.41) is 0. The average Bonchev–Trinajstić information content (AvgIpc) is 1.50. The van der Waals surface area contributed by atoms with Crippen molar-refractivity contribution >= 4 is 0 Å². The summed E-state index contributed by atoms with van der Waals surface area (Å²) in [6, 6.07) is 0. The molecule has 0 fully saturated rings. The van der Waals surface area contributed by atoms with Crippen molar-refractivity contribution in [2.24, 2.45) is 0 Å². The van der Waals surface area contributed by atoms with E-state index in [0.717, 1.165) is 0 Å². The van der Waals surface area contributed by atoms with Gasteiger partial charge in [0.25, 0.3) is 0 Å². The molecule has 0 saturated carbocycles. The monoisotopic (exact) mass is 191 g/mol. The van der Waals surface area contributed by atoms with Crippen LogP contribution in [0.4, 0.5) is 0 Å². The van der Waals surface area contributed by atoms with Crippen LogP contribution >= 0.6 is 0 Å². The summed E-state index contributed by atoms with van der Waals surface area (Å²) >= 11 is 3.08. The summed E-state index contributed by atoms with van der Waals surface area (Å²) in [5.41, 5.74) is 0. The molecule has 0 N–H and O–H groups in total. The molecule has 0 radical (unpaired) electrons. The van der Waals surface area contributed by atoms with Crippen molar-refractivity contribution in [3.8, 4) is 0 Å². The Morgan fingerprint density at radius 3 is 1.25 bits per heavy atom. The first kappa shape index (κ1) is 8.86. The van der Waals surface area contributed by atoms with Gasteiger partial charge in [0.05, 0.1) is 0 Å². The molecule has 29 valence electrons. The first-order chi connectivity index (χ1) is 2.00. The summed E-state index contributed by atoms with van der Waals surface area (Å²) < 4.78 is 16.2. The van der Waals surface area contributed by atoms with Gasteiger partial charge < -0.3 is 0 Å². The molecule has 0 bridgehead atoms. The van der Waals surface area contributed by atoms with E-state index < -0.39 is 0 Å². The van der Waals surface area contributed by atoms with Gasteiger partial charge in [-0.15, -0.1) is 0 Å². The summed E-state index contributed by atoms with van der Waals surface area (Å²) in [4.78, 5) is 0. The maximum absolute atomic E-state index is 8.12. The van der Waals surface area contributed by atoms with Crippen molar-refractivity contribution in [1.82, 2.24) is 0 Å². The molecule has 0 atom stereocenters. The van der Waals surface area contributed by atoms with E-state index in [1.165, 1.54) is 16.2 Å². The van der Waals surface area contributed by atoms with Gasteiger partial charge in [0, 0.05) is 0 Å². The van der Waals surface area contributed by atoms with Crippen LogP contribution in [0.2, 0.25) is 0 Å². The van der Waals surface area contributed by atoms with Gasteiger partial charge in [-0.05, 0) is 0 Å². The first-order valence-corrected chi connectivity index (χ1v) is 1.42. The summed E-state index contributed by atoms with van der Waals surface area (Å²) in [5.74, 6) is 0. The quantitative estimate of drug-likeness (QED) is 0.496. The van der Waals surface area contributed by atoms with Gasteiger partial charge in [-0.1, -0.05) is 0 Å². The van der Waals surface area contributed by atoms with E-state index in [0.29, 0.717) is 0 Å². The van der Waals surface area contributed by atoms with Crippen molar-refractivity contribution < 1.29 is 44.3 Å². The van der Waals surface area contributed by atoms with Crippen LogP contribution in [0.1, 0.15) is 0 Å². The minimum absolute atomic E-state index is 1.38. The fourth-order valence-corrected chi connectivity index (χ4v) is 0. The Morgan fingerprint density at radius 2 is 1.25 bits per heavy atom. The fourth-order valence-electron chi connectivity index (χ4n) is 0. The molecule has 0 aromatic rings. The number of hydrogen-bond donors (Lipinski definition) is 0. The van der Waals surface area contributed by atoms with Gasteiger partial charge in [-0.25, -0.2) is 0 Å². The molecule has 0 amide bonds. The molecule has 0 rings (SSSR count). The summed E-state index contributed by atoms with van der Waals surface area (Å²) in [6.45, 7) is 0. The van der Waals surface area contributed by atoms with Crippen molar-refractivity contribution in [2.45, 2.75) is 0 Å². The van der Waals surface area contributed by atoms with Gasteiger partial charge in [0.15, 0.2) is 0 Å². The standard InChI is InChI=1S/Ag.Cr.2O. The van der Waals surface area contributed by atoms with E-state index >= 15 is 0 Å². The van der Waals surface area contributed by atoms with Crippen molar-refractivity contribution in [2.75, 3.05) is 0 Å². The number of rotatable bonds is 0. The van der Waals surface area contributed by atoms with E-state index in [4.69, 9.17) is 7.05 Å². The van der Waals surface area contributed by atoms with E-state index in [1.807, 2.05) is 0 Å². The molecule has 0 heterocycles. The second kappa shape index (κ2) is 42.0. The molecular formula is AgCrO2. The molecule has 2 nitrogen and oxygen atoms in total. The Morgan fingerprint density at radius 1 is 1.25 bits per heavy atom. The topological polar surface area (TPSA) is 34.1 Å². The predicted octanol–water partition coefficient (Wildman–Crippen LogP) is -0.243. The van der Waals surface area contributed by atoms with Crippen molar-refractivity contribution in [3.63, 3.8) is 0 Å². The maximum atomic E-state index is 8.12. The predicted molar refractivity (Wildman–Crippen MR) is 1.37 cm³/mol. The van der Waals surface area contributed by atoms with Crippen LogP contribution in [0.25, 0.3) is 0 Å². The van der Waals surface area contributed by atoms with Gasteiger partial charge in [-0.2, -0.15) is 0 Å². The van der Waals surface area contributed by atoms with Gasteiger partial charge in [0.2, 0.25) is 0 Å². The summed E-state index contributed by atoms with van der Waals surface area (Å²) in [6.07, 6.45) is 0. The second-order valence-electron chi connectivity index (χ2n) is 0. The zero-order valence-electron chi connectivity index (χ0n) is 1.53. The molecule has 0 spiro atoms. The zero-order valence-corrected chi connectivity index (χ0v) is 4.28. The van der Waals surface area contributed by atoms with E-state index in [-0.39, 0.29) is 0 Å². The molecule has 0 aromatic carbocycles. The van der Waals surface area contributed by atoms with Crippen LogP contribution in [-0.2, 0) is 44.3 Å². The molecule has 0 saturated heterocycles. The Bertz CT molecular complexity index is 8.00. The minimum atomic E-state index is 1.38. The molecule has 4 heteroatoms. The first-order valence-electron chi connectivity index (χ1n) is 0.290. The van der Waals surface area contributed by atoms with Crippen molar-refractivity contribution in [1.29, 1.82) is 0 Å². The van der Waals surface area contributed by atoms with Gasteiger partial charge in [-0.3, -0.25) is 0 Å². The third-order valence-corrected chi connectivity index (χ3v) is 0. The second-order valence-corrected chi connectivity index (χ2v) is 0. The molecule has 0 aliphatic heterocycles. The van der Waals surface area contributed by atoms with Crippen LogP contribution in [0, 0.1) is 0 Å². The van der Waals surface area contributed by atoms with Crippen molar-refractivity contribution in [3.05, 3.63) is 0 Å². The normalized spacial score (nSPS) is 2.50. The molecule has 4 heavy (non-hydrogen) atoms. The third-order valence-electron chi connectivity index (χ3n) is 0. The van der Waals surface area contributed by atoms with Gasteiger partial charge >= 0.3 is 44.3 Å². The van der Waals surface area contributed by atoms with Crippen LogP contribution in [-0.4, -0.2) is 0 Å². The van der Waals surface area contributed by atoms with E-state index in [9.17, 15) is 0 Å². The van der Waals surface area contributed by atoms with E-state index in [1.54, 1.807) is 21.0 Å². The zero-order chi connectivity index (χ0) is 4.00. The molecular weight excluding hydrogens is 192 g/mol. The third kappa shape index (κ3) is 13.2. The fraction of sp³-hybridized carbons (Fsp3) is 0. The molecule has 0 aliphatic rings.